The van der Waals surface area contributed by atoms with Crippen molar-refractivity contribution in [3.8, 4) is 11.5 Å². The Hall–Kier alpha value is -1.31. The van der Waals surface area contributed by atoms with Gasteiger partial charge in [0.25, 0.3) is 0 Å². The van der Waals surface area contributed by atoms with Crippen LogP contribution < -0.4 is 28.3 Å². The van der Waals surface area contributed by atoms with Crippen LogP contribution in [-0.4, -0.2) is 26.5 Å². The van der Waals surface area contributed by atoms with E-state index in [9.17, 15) is 4.79 Å². The average molecular weight is 258 g/mol. The molecule has 1 unspecified atom stereocenters. The van der Waals surface area contributed by atoms with E-state index in [-0.39, 0.29) is 25.0 Å². The van der Waals surface area contributed by atoms with Gasteiger partial charge < -0.3 is 18.9 Å². The maximum Gasteiger partial charge on any atom is 1.00 e. The normalized spacial score (nSPS) is 21.2. The Balaban J connectivity index is 0.00000180. The van der Waals surface area contributed by atoms with Gasteiger partial charge in [-0.05, 0) is 6.92 Å². The summed E-state index contributed by atoms with van der Waals surface area (Å²) in [7, 11) is 3.13. The van der Waals surface area contributed by atoms with Crippen LogP contribution in [0, 0.1) is 13.0 Å². The molecule has 1 heterocycles. The van der Waals surface area contributed by atoms with Crippen molar-refractivity contribution in [3.63, 3.8) is 0 Å². The predicted octanol–water partition coefficient (Wildman–Crippen LogP) is -0.587. The third-order valence-corrected chi connectivity index (χ3v) is 2.92. The zero-order valence-electron chi connectivity index (χ0n) is 11.8. The van der Waals surface area contributed by atoms with Crippen LogP contribution in [0.25, 0.3) is 0 Å². The summed E-state index contributed by atoms with van der Waals surface area (Å²) in [6.45, 7) is 3.64. The second-order valence-electron chi connectivity index (χ2n) is 4.06. The first-order chi connectivity index (χ1) is 8.56. The van der Waals surface area contributed by atoms with Crippen LogP contribution >= 0.6 is 0 Å². The average Bonchev–Trinajstić information content (AvgIpc) is 2.69. The van der Waals surface area contributed by atoms with Crippen molar-refractivity contribution in [3.05, 3.63) is 23.3 Å². The Morgan fingerprint density at radius 2 is 1.95 bits per heavy atom. The van der Waals surface area contributed by atoms with Crippen molar-refractivity contribution in [2.45, 2.75) is 26.1 Å². The number of hydrogen-bond donors (Lipinski definition) is 0. The Bertz CT molecular complexity index is 449. The zero-order valence-corrected chi connectivity index (χ0v) is 11.8. The van der Waals surface area contributed by atoms with E-state index < -0.39 is 12.3 Å². The minimum Gasteiger partial charge on any atom is -0.522 e. The predicted molar refractivity (Wildman–Crippen MR) is 62.9 cm³/mol. The number of methoxy groups -OCH3 is 2. The number of rotatable bonds is 3. The van der Waals surface area contributed by atoms with Gasteiger partial charge in [0.15, 0.2) is 0 Å². The van der Waals surface area contributed by atoms with Gasteiger partial charge in [0.2, 0.25) is 0 Å². The van der Waals surface area contributed by atoms with Crippen LogP contribution in [0.5, 0.6) is 11.5 Å². The molecule has 5 nitrogen and oxygen atoms in total. The first-order valence-electron chi connectivity index (χ1n) is 5.59. The van der Waals surface area contributed by atoms with E-state index in [1.54, 1.807) is 27.2 Å². The molecule has 0 saturated carbocycles. The molecule has 1 fully saturated rings. The molecule has 2 rings (SSSR count). The fourth-order valence-corrected chi connectivity index (χ4v) is 1.95. The number of hydrogen-bond acceptors (Lipinski definition) is 5. The summed E-state index contributed by atoms with van der Waals surface area (Å²) in [5, 5.41) is 0. The fraction of sp³-hybridized carbons (Fsp3) is 0.462. The largest absolute Gasteiger partial charge is 1.00 e. The zero-order chi connectivity index (χ0) is 13.3. The van der Waals surface area contributed by atoms with Crippen molar-refractivity contribution in [2.75, 3.05) is 14.2 Å². The number of cyclic esters (lactones) is 2. The first-order valence-corrected chi connectivity index (χ1v) is 5.59. The third-order valence-electron chi connectivity index (χ3n) is 2.92. The Morgan fingerprint density at radius 3 is 2.42 bits per heavy atom. The van der Waals surface area contributed by atoms with E-state index in [2.05, 4.69) is 6.07 Å². The molecule has 0 radical (unpaired) electrons. The Kier molecular flexibility index (Phi) is 5.16. The molecule has 0 aliphatic carbocycles. The summed E-state index contributed by atoms with van der Waals surface area (Å²) >= 11 is 0. The van der Waals surface area contributed by atoms with Gasteiger partial charge >= 0.3 is 25.0 Å². The van der Waals surface area contributed by atoms with E-state index in [0.717, 1.165) is 5.56 Å². The van der Waals surface area contributed by atoms with Crippen molar-refractivity contribution < 1.29 is 42.6 Å². The maximum absolute atomic E-state index is 11.1. The fourth-order valence-electron chi connectivity index (χ4n) is 1.95. The number of benzene rings is 1. The van der Waals surface area contributed by atoms with Gasteiger partial charge in [-0.3, -0.25) is 0 Å². The molecule has 0 N–H and O–H groups in total. The quantitative estimate of drug-likeness (QED) is 0.412. The molecule has 0 bridgehead atoms. The second kappa shape index (κ2) is 6.22. The van der Waals surface area contributed by atoms with Gasteiger partial charge in [-0.25, -0.2) is 4.79 Å². The smallest absolute Gasteiger partial charge is 0.522 e. The minimum absolute atomic E-state index is 0. The van der Waals surface area contributed by atoms with Crippen molar-refractivity contribution >= 4 is 6.16 Å². The third kappa shape index (κ3) is 2.99. The number of carbonyl (C=O) groups excluding carboxylic acids is 1. The summed E-state index contributed by atoms with van der Waals surface area (Å²) in [6, 6.07) is 4.85. The van der Waals surface area contributed by atoms with Gasteiger partial charge in [-0.2, -0.15) is 0 Å². The first kappa shape index (κ1) is 15.7. The molecule has 98 valence electrons. The van der Waals surface area contributed by atoms with Crippen molar-refractivity contribution in [1.29, 1.82) is 0 Å². The molecule has 1 aromatic carbocycles. The van der Waals surface area contributed by atoms with Gasteiger partial charge in [0.05, 0.1) is 14.2 Å². The summed E-state index contributed by atoms with van der Waals surface area (Å²) in [6.07, 6.45) is -1.51. The molecule has 1 aliphatic rings. The second-order valence-corrected chi connectivity index (χ2v) is 4.06. The van der Waals surface area contributed by atoms with Gasteiger partial charge in [0.1, 0.15) is 12.2 Å². The molecular formula is C13H15LiO5. The van der Waals surface area contributed by atoms with E-state index >= 15 is 0 Å². The van der Waals surface area contributed by atoms with Crippen LogP contribution in [0.4, 0.5) is 4.79 Å². The Morgan fingerprint density at radius 1 is 1.26 bits per heavy atom. The van der Waals surface area contributed by atoms with Gasteiger partial charge in [-0.15, -0.1) is 17.7 Å². The van der Waals surface area contributed by atoms with Crippen LogP contribution in [-0.2, 0) is 9.47 Å². The van der Waals surface area contributed by atoms with Crippen LogP contribution in [0.3, 0.4) is 0 Å². The molecule has 0 amide bonds. The number of ether oxygens (including phenoxy) is 4. The van der Waals surface area contributed by atoms with E-state index in [1.165, 1.54) is 0 Å². The number of carbonyl (C=O) groups is 1. The molecule has 1 saturated heterocycles. The molecule has 2 atom stereocenters. The van der Waals surface area contributed by atoms with Crippen LogP contribution in [0.1, 0.15) is 24.2 Å². The minimum atomic E-state index is -0.667. The van der Waals surface area contributed by atoms with E-state index in [0.29, 0.717) is 17.1 Å². The molecule has 1 aliphatic heterocycles. The summed E-state index contributed by atoms with van der Waals surface area (Å²) in [5.41, 5.74) is 1.52. The van der Waals surface area contributed by atoms with Crippen LogP contribution in [0.2, 0.25) is 0 Å². The van der Waals surface area contributed by atoms with Crippen molar-refractivity contribution in [2.24, 2.45) is 0 Å². The SMILES string of the molecule is COc1[c-]c(C2OC(=O)O[C@H]2C)cc(OC)c1C.[Li+]. The monoisotopic (exact) mass is 258 g/mol. The molecular weight excluding hydrogens is 243 g/mol. The molecule has 6 heteroatoms. The van der Waals surface area contributed by atoms with Crippen molar-refractivity contribution in [1.82, 2.24) is 0 Å². The topological polar surface area (TPSA) is 54.0 Å². The molecule has 1 aromatic rings. The molecule has 0 spiro atoms. The summed E-state index contributed by atoms with van der Waals surface area (Å²) in [4.78, 5) is 11.1. The van der Waals surface area contributed by atoms with Crippen LogP contribution in [0.15, 0.2) is 6.07 Å². The standard InChI is InChI=1S/C13H15O5.Li/c1-7-10(15-3)5-9(6-11(7)16-4)12-8(2)17-13(14)18-12;/h5,8,12H,1-4H3;/q-1;+1/t8-,12?;/m0./s1. The van der Waals surface area contributed by atoms with E-state index in [1.807, 2.05) is 6.92 Å². The maximum atomic E-state index is 11.1. The van der Waals surface area contributed by atoms with Gasteiger partial charge in [-0.1, -0.05) is 12.5 Å². The van der Waals surface area contributed by atoms with E-state index in [4.69, 9.17) is 18.9 Å². The molecule has 0 aromatic heterocycles. The summed E-state index contributed by atoms with van der Waals surface area (Å²) in [5.74, 6) is 1.23. The Labute approximate surface area is 124 Å². The summed E-state index contributed by atoms with van der Waals surface area (Å²) < 4.78 is 20.5. The molecule has 19 heavy (non-hydrogen) atoms. The van der Waals surface area contributed by atoms with Gasteiger partial charge in [0, 0.05) is 11.5 Å².